The number of phenols is 1. The number of methoxy groups -OCH3 is 1. The van der Waals surface area contributed by atoms with Crippen molar-refractivity contribution in [1.82, 2.24) is 0 Å². The van der Waals surface area contributed by atoms with Crippen LogP contribution in [0.3, 0.4) is 0 Å². The first-order valence-electron chi connectivity index (χ1n) is 5.44. The maximum atomic E-state index is 9.96. The summed E-state index contributed by atoms with van der Waals surface area (Å²) in [5.74, 6) is 0.725. The van der Waals surface area contributed by atoms with Crippen molar-refractivity contribution in [2.24, 2.45) is 0 Å². The standard InChI is InChI=1S/C15H13ClO2/c1-10(12-5-3-4-6-14(12)16)13-8-7-11(18-2)9-15(13)17/h3-9,17H,1H2,2H3. The maximum Gasteiger partial charge on any atom is 0.127 e. The smallest absolute Gasteiger partial charge is 0.127 e. The monoisotopic (exact) mass is 260 g/mol. The van der Waals surface area contributed by atoms with E-state index in [0.29, 0.717) is 21.9 Å². The quantitative estimate of drug-likeness (QED) is 0.900. The molecule has 0 unspecified atom stereocenters. The first-order valence-corrected chi connectivity index (χ1v) is 5.82. The Labute approximate surface area is 111 Å². The first-order chi connectivity index (χ1) is 8.63. The number of rotatable bonds is 3. The Bertz CT molecular complexity index is 591. The summed E-state index contributed by atoms with van der Waals surface area (Å²) in [6, 6.07) is 12.5. The van der Waals surface area contributed by atoms with E-state index in [1.54, 1.807) is 31.4 Å². The largest absolute Gasteiger partial charge is 0.507 e. The third-order valence-electron chi connectivity index (χ3n) is 2.73. The predicted molar refractivity (Wildman–Crippen MR) is 74.2 cm³/mol. The van der Waals surface area contributed by atoms with Crippen molar-refractivity contribution in [2.75, 3.05) is 7.11 Å². The van der Waals surface area contributed by atoms with Gasteiger partial charge in [-0.05, 0) is 23.8 Å². The number of benzene rings is 2. The lowest BCUT2D eigenvalue weighted by atomic mass is 9.98. The Morgan fingerprint density at radius 3 is 2.50 bits per heavy atom. The fourth-order valence-electron chi connectivity index (χ4n) is 1.74. The van der Waals surface area contributed by atoms with E-state index in [2.05, 4.69) is 6.58 Å². The average molecular weight is 261 g/mol. The molecule has 1 N–H and O–H groups in total. The van der Waals surface area contributed by atoms with E-state index in [4.69, 9.17) is 16.3 Å². The molecule has 18 heavy (non-hydrogen) atoms. The molecule has 0 spiro atoms. The summed E-state index contributed by atoms with van der Waals surface area (Å²) in [6.07, 6.45) is 0. The molecule has 0 aliphatic carbocycles. The van der Waals surface area contributed by atoms with Gasteiger partial charge in [-0.15, -0.1) is 0 Å². The van der Waals surface area contributed by atoms with Crippen molar-refractivity contribution in [3.63, 3.8) is 0 Å². The van der Waals surface area contributed by atoms with Crippen LogP contribution in [0.15, 0.2) is 49.0 Å². The van der Waals surface area contributed by atoms with Gasteiger partial charge in [-0.2, -0.15) is 0 Å². The van der Waals surface area contributed by atoms with Crippen molar-refractivity contribution in [2.45, 2.75) is 0 Å². The minimum Gasteiger partial charge on any atom is -0.507 e. The Kier molecular flexibility index (Phi) is 3.58. The molecule has 2 nitrogen and oxygen atoms in total. The number of phenolic OH excluding ortho intramolecular Hbond substituents is 1. The van der Waals surface area contributed by atoms with Crippen LogP contribution in [0.1, 0.15) is 11.1 Å². The van der Waals surface area contributed by atoms with Crippen LogP contribution < -0.4 is 4.74 Å². The highest BCUT2D eigenvalue weighted by Gasteiger charge is 2.10. The summed E-state index contributed by atoms with van der Waals surface area (Å²) < 4.78 is 5.04. The van der Waals surface area contributed by atoms with Gasteiger partial charge in [-0.25, -0.2) is 0 Å². The zero-order valence-corrected chi connectivity index (χ0v) is 10.7. The second-order valence-electron chi connectivity index (χ2n) is 3.84. The van der Waals surface area contributed by atoms with E-state index in [9.17, 15) is 5.11 Å². The van der Waals surface area contributed by atoms with Crippen molar-refractivity contribution in [3.05, 3.63) is 65.2 Å². The van der Waals surface area contributed by atoms with Crippen molar-refractivity contribution >= 4 is 17.2 Å². The van der Waals surface area contributed by atoms with Gasteiger partial charge in [0.15, 0.2) is 0 Å². The Morgan fingerprint density at radius 1 is 1.17 bits per heavy atom. The van der Waals surface area contributed by atoms with Gasteiger partial charge in [0.2, 0.25) is 0 Å². The fraction of sp³-hybridized carbons (Fsp3) is 0.0667. The van der Waals surface area contributed by atoms with Crippen molar-refractivity contribution in [1.29, 1.82) is 0 Å². The lowest BCUT2D eigenvalue weighted by Crippen LogP contribution is -1.90. The minimum atomic E-state index is 0.124. The van der Waals surface area contributed by atoms with E-state index in [1.165, 1.54) is 0 Å². The molecule has 0 heterocycles. The highest BCUT2D eigenvalue weighted by Crippen LogP contribution is 2.34. The van der Waals surface area contributed by atoms with Crippen LogP contribution in [-0.2, 0) is 0 Å². The van der Waals surface area contributed by atoms with Gasteiger partial charge in [-0.3, -0.25) is 0 Å². The summed E-state index contributed by atoms with van der Waals surface area (Å²) in [7, 11) is 1.55. The van der Waals surface area contributed by atoms with Crippen molar-refractivity contribution in [3.8, 4) is 11.5 Å². The van der Waals surface area contributed by atoms with Crippen LogP contribution in [0.4, 0.5) is 0 Å². The van der Waals surface area contributed by atoms with Gasteiger partial charge < -0.3 is 9.84 Å². The van der Waals surface area contributed by atoms with Crippen LogP contribution in [-0.4, -0.2) is 12.2 Å². The van der Waals surface area contributed by atoms with Crippen LogP contribution >= 0.6 is 11.6 Å². The van der Waals surface area contributed by atoms with Crippen molar-refractivity contribution < 1.29 is 9.84 Å². The molecule has 0 amide bonds. The van der Waals surface area contributed by atoms with Crippen LogP contribution in [0.2, 0.25) is 5.02 Å². The third kappa shape index (κ3) is 2.34. The van der Waals surface area contributed by atoms with E-state index in [0.717, 1.165) is 5.56 Å². The topological polar surface area (TPSA) is 29.5 Å². The number of ether oxygens (including phenoxy) is 1. The van der Waals surface area contributed by atoms with Crippen LogP contribution in [0.25, 0.3) is 5.57 Å². The molecular weight excluding hydrogens is 248 g/mol. The van der Waals surface area contributed by atoms with E-state index >= 15 is 0 Å². The molecule has 92 valence electrons. The van der Waals surface area contributed by atoms with Gasteiger partial charge in [0.25, 0.3) is 0 Å². The molecule has 0 fully saturated rings. The van der Waals surface area contributed by atoms with E-state index < -0.39 is 0 Å². The SMILES string of the molecule is C=C(c1ccc(OC)cc1O)c1ccccc1Cl. The summed E-state index contributed by atoms with van der Waals surface area (Å²) in [4.78, 5) is 0. The molecule has 0 bridgehead atoms. The van der Waals surface area contributed by atoms with Gasteiger partial charge in [-0.1, -0.05) is 36.4 Å². The Balaban J connectivity index is 2.44. The summed E-state index contributed by atoms with van der Waals surface area (Å²) in [6.45, 7) is 3.99. The average Bonchev–Trinajstić information content (AvgIpc) is 2.38. The molecule has 0 saturated carbocycles. The number of hydrogen-bond acceptors (Lipinski definition) is 2. The third-order valence-corrected chi connectivity index (χ3v) is 3.06. The lowest BCUT2D eigenvalue weighted by molar-refractivity contribution is 0.407. The van der Waals surface area contributed by atoms with Gasteiger partial charge in [0.05, 0.1) is 7.11 Å². The highest BCUT2D eigenvalue weighted by atomic mass is 35.5. The van der Waals surface area contributed by atoms with E-state index in [1.807, 2.05) is 18.2 Å². The molecule has 3 heteroatoms. The number of halogens is 1. The molecule has 0 atom stereocenters. The van der Waals surface area contributed by atoms with Crippen LogP contribution in [0, 0.1) is 0 Å². The number of aromatic hydroxyl groups is 1. The lowest BCUT2D eigenvalue weighted by Gasteiger charge is -2.11. The Morgan fingerprint density at radius 2 is 1.89 bits per heavy atom. The van der Waals surface area contributed by atoms with Gasteiger partial charge in [0.1, 0.15) is 11.5 Å². The van der Waals surface area contributed by atoms with Crippen LogP contribution in [0.5, 0.6) is 11.5 Å². The summed E-state index contributed by atoms with van der Waals surface area (Å²) in [5, 5.41) is 10.6. The fourth-order valence-corrected chi connectivity index (χ4v) is 1.99. The zero-order chi connectivity index (χ0) is 13.1. The molecule has 0 radical (unpaired) electrons. The molecule has 0 saturated heterocycles. The number of hydrogen-bond donors (Lipinski definition) is 1. The maximum absolute atomic E-state index is 9.96. The zero-order valence-electron chi connectivity index (χ0n) is 9.98. The predicted octanol–water partition coefficient (Wildman–Crippen LogP) is 4.12. The summed E-state index contributed by atoms with van der Waals surface area (Å²) in [5.41, 5.74) is 2.13. The first kappa shape index (κ1) is 12.5. The second kappa shape index (κ2) is 5.15. The van der Waals surface area contributed by atoms with Gasteiger partial charge >= 0.3 is 0 Å². The second-order valence-corrected chi connectivity index (χ2v) is 4.25. The molecule has 2 aromatic carbocycles. The minimum absolute atomic E-state index is 0.124. The molecule has 0 aliphatic heterocycles. The molecular formula is C15H13ClO2. The Hall–Kier alpha value is -1.93. The normalized spacial score (nSPS) is 10.1. The molecule has 0 aromatic heterocycles. The van der Waals surface area contributed by atoms with Gasteiger partial charge in [0, 0.05) is 22.2 Å². The van der Waals surface area contributed by atoms with E-state index in [-0.39, 0.29) is 5.75 Å². The summed E-state index contributed by atoms with van der Waals surface area (Å²) >= 11 is 6.11. The molecule has 2 rings (SSSR count). The highest BCUT2D eigenvalue weighted by molar-refractivity contribution is 6.32. The molecule has 2 aromatic rings. The molecule has 0 aliphatic rings.